The van der Waals surface area contributed by atoms with E-state index < -0.39 is 11.4 Å². The van der Waals surface area contributed by atoms with E-state index in [4.69, 9.17) is 19.0 Å². The van der Waals surface area contributed by atoms with Gasteiger partial charge in [-0.25, -0.2) is 4.98 Å². The van der Waals surface area contributed by atoms with Gasteiger partial charge in [-0.15, -0.1) is 0 Å². The van der Waals surface area contributed by atoms with Crippen LogP contribution in [0.5, 0.6) is 0 Å². The zero-order valence-electron chi connectivity index (χ0n) is 16.9. The molecule has 0 amide bonds. The van der Waals surface area contributed by atoms with Gasteiger partial charge in [-0.2, -0.15) is 4.73 Å². The molecule has 2 aromatic heterocycles. The van der Waals surface area contributed by atoms with E-state index in [0.29, 0.717) is 21.7 Å². The van der Waals surface area contributed by atoms with Crippen LogP contribution in [-0.4, -0.2) is 42.5 Å². The van der Waals surface area contributed by atoms with Gasteiger partial charge in [0, 0.05) is 11.6 Å². The van der Waals surface area contributed by atoms with Crippen LogP contribution < -0.4 is 4.73 Å². The van der Waals surface area contributed by atoms with Crippen molar-refractivity contribution < 1.29 is 28.5 Å². The highest BCUT2D eigenvalue weighted by Gasteiger charge is 2.38. The predicted molar refractivity (Wildman–Crippen MR) is 108 cm³/mol. The quantitative estimate of drug-likeness (QED) is 0.249. The number of rotatable bonds is 9. The average molecular weight is 412 g/mol. The molecule has 0 saturated carbocycles. The largest absolute Gasteiger partial charge is 0.619 e. The lowest BCUT2D eigenvalue weighted by molar-refractivity contribution is -0.604. The number of hydrogen-bond donors (Lipinski definition) is 1. The number of carbonyl (C=O) groups is 1. The Hall–Kier alpha value is -3.23. The van der Waals surface area contributed by atoms with Gasteiger partial charge >= 0.3 is 5.97 Å². The average Bonchev–Trinajstić information content (AvgIpc) is 3.20. The first kappa shape index (κ1) is 21.5. The zero-order valence-corrected chi connectivity index (χ0v) is 16.9. The molecule has 0 aliphatic rings. The standard InChI is InChI=1S/C22H24N2O6/c1-22(2,21(26)29-14-13-28-12-11-25)20-23-18(16-7-4-3-5-8-16)19(30-20)17-9-6-10-24(27)15-17/h3-10,15,25H,11-14H2,1-2H3. The highest BCUT2D eigenvalue weighted by atomic mass is 16.6. The Morgan fingerprint density at radius 2 is 1.87 bits per heavy atom. The zero-order chi connectivity index (χ0) is 21.6. The summed E-state index contributed by atoms with van der Waals surface area (Å²) in [6.45, 7) is 3.64. The lowest BCUT2D eigenvalue weighted by Crippen LogP contribution is -2.32. The molecule has 0 unspecified atom stereocenters. The van der Waals surface area contributed by atoms with Gasteiger partial charge in [-0.1, -0.05) is 30.3 Å². The lowest BCUT2D eigenvalue weighted by Gasteiger charge is -2.18. The van der Waals surface area contributed by atoms with Crippen molar-refractivity contribution in [3.05, 3.63) is 66.0 Å². The van der Waals surface area contributed by atoms with Crippen LogP contribution in [-0.2, 0) is 19.7 Å². The second-order valence-corrected chi connectivity index (χ2v) is 7.11. The van der Waals surface area contributed by atoms with Gasteiger partial charge in [0.15, 0.2) is 18.2 Å². The number of pyridine rings is 1. The number of aliphatic hydroxyl groups is 1. The van der Waals surface area contributed by atoms with Crippen molar-refractivity contribution in [2.75, 3.05) is 26.4 Å². The monoisotopic (exact) mass is 412 g/mol. The summed E-state index contributed by atoms with van der Waals surface area (Å²) in [5.41, 5.74) is 0.710. The van der Waals surface area contributed by atoms with Gasteiger partial charge in [0.2, 0.25) is 5.89 Å². The highest BCUT2D eigenvalue weighted by molar-refractivity contribution is 5.82. The molecule has 0 bridgehead atoms. The van der Waals surface area contributed by atoms with E-state index in [-0.39, 0.29) is 32.3 Å². The van der Waals surface area contributed by atoms with Crippen molar-refractivity contribution in [3.63, 3.8) is 0 Å². The first-order valence-corrected chi connectivity index (χ1v) is 9.55. The second-order valence-electron chi connectivity index (χ2n) is 7.11. The number of carbonyl (C=O) groups excluding carboxylic acids is 1. The molecule has 1 N–H and O–H groups in total. The summed E-state index contributed by atoms with van der Waals surface area (Å²) in [7, 11) is 0. The number of aliphatic hydroxyl groups excluding tert-OH is 1. The Labute approximate surface area is 174 Å². The second kappa shape index (κ2) is 9.51. The Bertz CT molecular complexity index is 984. The fourth-order valence-corrected chi connectivity index (χ4v) is 2.79. The van der Waals surface area contributed by atoms with Crippen molar-refractivity contribution in [3.8, 4) is 22.6 Å². The van der Waals surface area contributed by atoms with Crippen molar-refractivity contribution in [1.82, 2.24) is 4.98 Å². The van der Waals surface area contributed by atoms with Crippen molar-refractivity contribution in [1.29, 1.82) is 0 Å². The van der Waals surface area contributed by atoms with E-state index in [1.165, 1.54) is 12.4 Å². The minimum atomic E-state index is -1.17. The summed E-state index contributed by atoms with van der Waals surface area (Å²) in [6.07, 6.45) is 2.77. The van der Waals surface area contributed by atoms with Crippen molar-refractivity contribution in [2.45, 2.75) is 19.3 Å². The number of ether oxygens (including phenoxy) is 2. The summed E-state index contributed by atoms with van der Waals surface area (Å²) in [5.74, 6) is 0.0574. The maximum atomic E-state index is 12.7. The van der Waals surface area contributed by atoms with Crippen molar-refractivity contribution in [2.24, 2.45) is 0 Å². The number of hydrogen-bond acceptors (Lipinski definition) is 7. The molecule has 0 fully saturated rings. The van der Waals surface area contributed by atoms with Crippen LogP contribution in [0.1, 0.15) is 19.7 Å². The third kappa shape index (κ3) is 4.84. The fraction of sp³-hybridized carbons (Fsp3) is 0.318. The van der Waals surface area contributed by atoms with E-state index in [0.717, 1.165) is 5.56 Å². The summed E-state index contributed by atoms with van der Waals surface area (Å²) in [6, 6.07) is 12.8. The molecule has 3 rings (SSSR count). The van der Waals surface area contributed by atoms with Gasteiger partial charge in [-0.3, -0.25) is 4.79 Å². The Morgan fingerprint density at radius 1 is 1.13 bits per heavy atom. The topological polar surface area (TPSA) is 109 Å². The molecule has 0 aliphatic heterocycles. The summed E-state index contributed by atoms with van der Waals surface area (Å²) in [5, 5.41) is 20.5. The molecule has 0 spiro atoms. The molecule has 8 nitrogen and oxygen atoms in total. The van der Waals surface area contributed by atoms with Gasteiger partial charge in [0.25, 0.3) is 0 Å². The highest BCUT2D eigenvalue weighted by Crippen LogP contribution is 2.36. The van der Waals surface area contributed by atoms with E-state index in [1.807, 2.05) is 30.3 Å². The van der Waals surface area contributed by atoms with E-state index in [1.54, 1.807) is 26.0 Å². The van der Waals surface area contributed by atoms with Gasteiger partial charge < -0.3 is 24.2 Å². The molecular formula is C22H24N2O6. The third-order valence-corrected chi connectivity index (χ3v) is 4.45. The summed E-state index contributed by atoms with van der Waals surface area (Å²) < 4.78 is 17.1. The van der Waals surface area contributed by atoms with Crippen LogP contribution in [0.2, 0.25) is 0 Å². The number of benzene rings is 1. The maximum Gasteiger partial charge on any atom is 0.321 e. The summed E-state index contributed by atoms with van der Waals surface area (Å²) >= 11 is 0. The molecule has 0 saturated heterocycles. The molecular weight excluding hydrogens is 388 g/mol. The number of aromatic nitrogens is 2. The van der Waals surface area contributed by atoms with Gasteiger partial charge in [0.05, 0.1) is 25.4 Å². The first-order chi connectivity index (χ1) is 14.4. The SMILES string of the molecule is CC(C)(C(=O)OCCOCCO)c1nc(-c2ccccc2)c(-c2ccc[n+]([O-])c2)o1. The van der Waals surface area contributed by atoms with Crippen LogP contribution in [0.3, 0.4) is 0 Å². The van der Waals surface area contributed by atoms with Crippen LogP contribution in [0.25, 0.3) is 22.6 Å². The van der Waals surface area contributed by atoms with E-state index in [9.17, 15) is 10.0 Å². The first-order valence-electron chi connectivity index (χ1n) is 9.55. The van der Waals surface area contributed by atoms with Crippen LogP contribution >= 0.6 is 0 Å². The number of nitrogens with zero attached hydrogens (tertiary/aromatic N) is 2. The smallest absolute Gasteiger partial charge is 0.321 e. The molecule has 2 heterocycles. The predicted octanol–water partition coefficient (Wildman–Crippen LogP) is 2.47. The third-order valence-electron chi connectivity index (χ3n) is 4.45. The molecule has 158 valence electrons. The molecule has 3 aromatic rings. The minimum absolute atomic E-state index is 0.0518. The molecule has 30 heavy (non-hydrogen) atoms. The van der Waals surface area contributed by atoms with Gasteiger partial charge in [0.1, 0.15) is 17.7 Å². The van der Waals surface area contributed by atoms with Gasteiger partial charge in [-0.05, 0) is 19.9 Å². The molecule has 1 aromatic carbocycles. The number of esters is 1. The fourth-order valence-electron chi connectivity index (χ4n) is 2.79. The van der Waals surface area contributed by atoms with Crippen LogP contribution in [0.15, 0.2) is 59.3 Å². The Balaban J connectivity index is 1.92. The Kier molecular flexibility index (Phi) is 6.81. The van der Waals surface area contributed by atoms with Crippen LogP contribution in [0.4, 0.5) is 0 Å². The normalized spacial score (nSPS) is 11.4. The molecule has 8 heteroatoms. The van der Waals surface area contributed by atoms with E-state index >= 15 is 0 Å². The number of oxazole rings is 1. The molecule has 0 atom stereocenters. The maximum absolute atomic E-state index is 12.7. The van der Waals surface area contributed by atoms with E-state index in [2.05, 4.69) is 4.98 Å². The Morgan fingerprint density at radius 3 is 2.57 bits per heavy atom. The van der Waals surface area contributed by atoms with Crippen molar-refractivity contribution >= 4 is 5.97 Å². The lowest BCUT2D eigenvalue weighted by atomic mass is 9.94. The molecule has 0 radical (unpaired) electrons. The minimum Gasteiger partial charge on any atom is -0.619 e. The summed E-state index contributed by atoms with van der Waals surface area (Å²) in [4.78, 5) is 17.3. The molecule has 0 aliphatic carbocycles. The van der Waals surface area contributed by atoms with Crippen LogP contribution in [0, 0.1) is 5.21 Å².